The van der Waals surface area contributed by atoms with E-state index in [-0.39, 0.29) is 30.6 Å². The molecular weight excluding hydrogens is 482 g/mol. The van der Waals surface area contributed by atoms with Crippen LogP contribution in [0.1, 0.15) is 20.7 Å². The van der Waals surface area contributed by atoms with E-state index in [0.29, 0.717) is 60.8 Å². The number of alkyl halides is 1. The van der Waals surface area contributed by atoms with Gasteiger partial charge < -0.3 is 19.7 Å². The summed E-state index contributed by atoms with van der Waals surface area (Å²) >= 11 is 5.81. The number of nitrogens with one attached hydrogen (secondary N) is 1. The average molecular weight is 508 g/mol. The number of aromatic nitrogens is 1. The quantitative estimate of drug-likeness (QED) is 0.315. The Morgan fingerprint density at radius 3 is 2.31 bits per heavy atom. The van der Waals surface area contributed by atoms with E-state index >= 15 is 0 Å². The molecule has 3 heterocycles. The smallest absolute Gasteiger partial charge is 0.324 e. The zero-order valence-electron chi connectivity index (χ0n) is 19.7. The van der Waals surface area contributed by atoms with Gasteiger partial charge in [0.2, 0.25) is 0 Å². The highest BCUT2D eigenvalue weighted by Gasteiger charge is 2.33. The van der Waals surface area contributed by atoms with Gasteiger partial charge in [0.05, 0.1) is 16.8 Å². The Morgan fingerprint density at radius 2 is 1.58 bits per heavy atom. The molecule has 0 aliphatic carbocycles. The lowest BCUT2D eigenvalue weighted by atomic mass is 10.1. The number of urea groups is 1. The number of piperazine rings is 1. The number of hydrogen-bond acceptors (Lipinski definition) is 4. The van der Waals surface area contributed by atoms with Crippen LogP contribution in [0.3, 0.4) is 0 Å². The number of carbonyl (C=O) groups excluding carboxylic acids is 4. The Balaban J connectivity index is 1.29. The molecule has 0 unspecified atom stereocenters. The highest BCUT2D eigenvalue weighted by molar-refractivity contribution is 6.45. The van der Waals surface area contributed by atoms with Gasteiger partial charge in [-0.3, -0.25) is 19.3 Å². The van der Waals surface area contributed by atoms with Crippen LogP contribution in [0.2, 0.25) is 0 Å². The first-order valence-electron chi connectivity index (χ1n) is 11.9. The van der Waals surface area contributed by atoms with Crippen LogP contribution in [0.15, 0.2) is 54.7 Å². The summed E-state index contributed by atoms with van der Waals surface area (Å²) in [5.74, 6) is -0.933. The summed E-state index contributed by atoms with van der Waals surface area (Å²) < 4.78 is 0. The SMILES string of the molecule is O=C(C(=O)N1CCN(C(=O)c2ccccc2)CC1)c1c[nH]c2c(N3CCN(CCCl)C3=O)cccc12. The molecule has 186 valence electrons. The Kier molecular flexibility index (Phi) is 6.65. The van der Waals surface area contributed by atoms with Crippen LogP contribution in [0, 0.1) is 0 Å². The first kappa shape index (κ1) is 23.9. The zero-order valence-corrected chi connectivity index (χ0v) is 20.4. The number of Topliss-reactive ketones (excluding diaryl/α,β-unsaturated/α-hetero) is 1. The van der Waals surface area contributed by atoms with Crippen LogP contribution in [-0.4, -0.2) is 95.0 Å². The summed E-state index contributed by atoms with van der Waals surface area (Å²) in [6, 6.07) is 14.2. The minimum absolute atomic E-state index is 0.0840. The van der Waals surface area contributed by atoms with E-state index in [2.05, 4.69) is 4.98 Å². The Bertz CT molecular complexity index is 1320. The lowest BCUT2D eigenvalue weighted by molar-refractivity contribution is -0.127. The number of carbonyl (C=O) groups is 4. The number of fused-ring (bicyclic) bond motifs is 1. The third kappa shape index (κ3) is 4.30. The molecule has 3 aromatic rings. The van der Waals surface area contributed by atoms with Crippen molar-refractivity contribution in [3.8, 4) is 0 Å². The second-order valence-electron chi connectivity index (χ2n) is 8.79. The number of H-pyrrole nitrogens is 1. The van der Waals surface area contributed by atoms with Crippen molar-refractivity contribution in [1.82, 2.24) is 19.7 Å². The summed E-state index contributed by atoms with van der Waals surface area (Å²) in [5.41, 5.74) is 2.16. The molecule has 1 N–H and O–H groups in total. The molecule has 1 aromatic heterocycles. The topological polar surface area (TPSA) is 97.0 Å². The van der Waals surface area contributed by atoms with Gasteiger partial charge >= 0.3 is 6.03 Å². The second-order valence-corrected chi connectivity index (χ2v) is 9.17. The summed E-state index contributed by atoms with van der Waals surface area (Å²) in [5, 5.41) is 0.590. The van der Waals surface area contributed by atoms with Crippen LogP contribution >= 0.6 is 11.6 Å². The van der Waals surface area contributed by atoms with Crippen molar-refractivity contribution in [3.63, 3.8) is 0 Å². The Labute approximate surface area is 213 Å². The van der Waals surface area contributed by atoms with Gasteiger partial charge in [-0.15, -0.1) is 11.6 Å². The molecule has 36 heavy (non-hydrogen) atoms. The molecule has 10 heteroatoms. The number of rotatable bonds is 6. The molecule has 0 bridgehead atoms. The molecule has 0 radical (unpaired) electrons. The van der Waals surface area contributed by atoms with Crippen LogP contribution in [0.25, 0.3) is 10.9 Å². The molecule has 2 aliphatic rings. The van der Waals surface area contributed by atoms with Crippen molar-refractivity contribution in [2.75, 3.05) is 56.6 Å². The predicted molar refractivity (Wildman–Crippen MR) is 137 cm³/mol. The fraction of sp³-hybridized carbons (Fsp3) is 0.308. The lowest BCUT2D eigenvalue weighted by Crippen LogP contribution is -2.52. The summed E-state index contributed by atoms with van der Waals surface area (Å²) in [6.07, 6.45) is 1.53. The van der Waals surface area contributed by atoms with E-state index in [1.165, 1.54) is 11.1 Å². The molecule has 4 amide bonds. The van der Waals surface area contributed by atoms with Crippen molar-refractivity contribution in [1.29, 1.82) is 0 Å². The van der Waals surface area contributed by atoms with E-state index in [9.17, 15) is 19.2 Å². The van der Waals surface area contributed by atoms with Gasteiger partial charge in [0.25, 0.3) is 17.6 Å². The van der Waals surface area contributed by atoms with E-state index in [1.807, 2.05) is 24.3 Å². The van der Waals surface area contributed by atoms with Crippen LogP contribution in [0.5, 0.6) is 0 Å². The average Bonchev–Trinajstić information content (AvgIpc) is 3.52. The molecule has 9 nitrogen and oxygen atoms in total. The minimum atomic E-state index is -0.613. The zero-order chi connectivity index (χ0) is 25.2. The van der Waals surface area contributed by atoms with Crippen LogP contribution in [-0.2, 0) is 4.79 Å². The number of ketones is 1. The summed E-state index contributed by atoms with van der Waals surface area (Å²) in [4.78, 5) is 61.4. The molecule has 0 atom stereocenters. The van der Waals surface area contributed by atoms with E-state index in [1.54, 1.807) is 39.0 Å². The van der Waals surface area contributed by atoms with Crippen LogP contribution < -0.4 is 4.90 Å². The van der Waals surface area contributed by atoms with Gasteiger partial charge in [-0.05, 0) is 18.2 Å². The lowest BCUT2D eigenvalue weighted by Gasteiger charge is -2.34. The highest BCUT2D eigenvalue weighted by atomic mass is 35.5. The predicted octanol–water partition coefficient (Wildman–Crippen LogP) is 2.82. The normalized spacial score (nSPS) is 16.2. The molecule has 2 saturated heterocycles. The minimum Gasteiger partial charge on any atom is -0.359 e. The summed E-state index contributed by atoms with van der Waals surface area (Å²) in [6.45, 7) is 2.86. The Hall–Kier alpha value is -3.85. The maximum absolute atomic E-state index is 13.2. The molecule has 2 fully saturated rings. The number of benzene rings is 2. The van der Waals surface area contributed by atoms with E-state index < -0.39 is 11.7 Å². The van der Waals surface area contributed by atoms with Gasteiger partial charge in [0.1, 0.15) is 0 Å². The van der Waals surface area contributed by atoms with Crippen molar-refractivity contribution in [3.05, 3.63) is 65.9 Å². The molecule has 5 rings (SSSR count). The number of aromatic amines is 1. The van der Waals surface area contributed by atoms with E-state index in [0.717, 1.165) is 0 Å². The molecular formula is C26H26ClN5O4. The van der Waals surface area contributed by atoms with Gasteiger partial charge in [-0.1, -0.05) is 30.3 Å². The maximum Gasteiger partial charge on any atom is 0.324 e. The number of amides is 4. The fourth-order valence-corrected chi connectivity index (χ4v) is 5.01. The van der Waals surface area contributed by atoms with E-state index in [4.69, 9.17) is 11.6 Å². The molecule has 0 spiro atoms. The largest absolute Gasteiger partial charge is 0.359 e. The maximum atomic E-state index is 13.2. The van der Waals surface area contributed by atoms with Gasteiger partial charge in [0.15, 0.2) is 0 Å². The molecule has 0 saturated carbocycles. The molecule has 2 aromatic carbocycles. The second kappa shape index (κ2) is 10.0. The van der Waals surface area contributed by atoms with Crippen molar-refractivity contribution < 1.29 is 19.2 Å². The van der Waals surface area contributed by atoms with Gasteiger partial charge in [-0.25, -0.2) is 4.79 Å². The first-order chi connectivity index (χ1) is 17.5. The molecule has 2 aliphatic heterocycles. The number of para-hydroxylation sites is 1. The monoisotopic (exact) mass is 507 g/mol. The number of halogens is 1. The first-order valence-corrected chi connectivity index (χ1v) is 12.4. The van der Waals surface area contributed by atoms with Gasteiger partial charge in [0, 0.05) is 68.8 Å². The fourth-order valence-electron chi connectivity index (χ4n) is 4.80. The highest BCUT2D eigenvalue weighted by Crippen LogP contribution is 2.31. The Morgan fingerprint density at radius 1 is 0.861 bits per heavy atom. The number of anilines is 1. The van der Waals surface area contributed by atoms with Crippen molar-refractivity contribution in [2.45, 2.75) is 0 Å². The van der Waals surface area contributed by atoms with Crippen molar-refractivity contribution in [2.24, 2.45) is 0 Å². The number of hydrogen-bond donors (Lipinski definition) is 1. The third-order valence-electron chi connectivity index (χ3n) is 6.75. The van der Waals surface area contributed by atoms with Crippen LogP contribution in [0.4, 0.5) is 10.5 Å². The number of nitrogens with zero attached hydrogens (tertiary/aromatic N) is 4. The van der Waals surface area contributed by atoms with Gasteiger partial charge in [-0.2, -0.15) is 0 Å². The third-order valence-corrected chi connectivity index (χ3v) is 6.92. The standard InChI is InChI=1S/C26H26ClN5O4/c27-9-10-31-15-16-32(26(31)36)21-8-4-7-19-20(17-28-22(19)21)23(33)25(35)30-13-11-29(12-14-30)24(34)18-5-2-1-3-6-18/h1-8,17,28H,9-16H2. The van der Waals surface area contributed by atoms with Crippen molar-refractivity contribution >= 4 is 51.8 Å². The summed E-state index contributed by atoms with van der Waals surface area (Å²) in [7, 11) is 0.